The Hall–Kier alpha value is -0.280. The van der Waals surface area contributed by atoms with Crippen LogP contribution in [0.5, 0.6) is 0 Å². The molecule has 0 aliphatic carbocycles. The first-order chi connectivity index (χ1) is 17.1. The first kappa shape index (κ1) is 34.7. The first-order valence-electron chi connectivity index (χ1n) is 14.7. The minimum absolute atomic E-state index is 0.0976. The zero-order valence-electron chi connectivity index (χ0n) is 26.3. The van der Waals surface area contributed by atoms with Gasteiger partial charge < -0.3 is 29.6 Å². The Balaban J connectivity index is 2.03. The molecule has 0 aromatic carbocycles. The summed E-state index contributed by atoms with van der Waals surface area (Å²) in [5.41, 5.74) is 0.457. The molecule has 222 valence electrons. The number of ether oxygens (including phenoxy) is 4. The molecule has 0 amide bonds. The lowest BCUT2D eigenvalue weighted by molar-refractivity contribution is -0.0389. The van der Waals surface area contributed by atoms with E-state index in [0.717, 1.165) is 52.1 Å². The van der Waals surface area contributed by atoms with Crippen LogP contribution in [0.25, 0.3) is 0 Å². The molecule has 1 aliphatic heterocycles. The van der Waals surface area contributed by atoms with E-state index >= 15 is 0 Å². The minimum Gasteiger partial charge on any atom is -0.379 e. The van der Waals surface area contributed by atoms with E-state index in [2.05, 4.69) is 84.8 Å². The molecule has 7 nitrogen and oxygen atoms in total. The van der Waals surface area contributed by atoms with E-state index in [1.54, 1.807) is 0 Å². The quantitative estimate of drug-likeness (QED) is 0.218. The smallest absolute Gasteiger partial charge is 0.0701 e. The molecule has 2 N–H and O–H groups in total. The summed E-state index contributed by atoms with van der Waals surface area (Å²) >= 11 is 0. The number of nitrogens with one attached hydrogen (secondary N) is 2. The molecule has 1 atom stereocenters. The summed E-state index contributed by atoms with van der Waals surface area (Å²) in [7, 11) is 0. The molecule has 0 spiro atoms. The fourth-order valence-corrected chi connectivity index (χ4v) is 4.44. The van der Waals surface area contributed by atoms with E-state index in [0.29, 0.717) is 39.1 Å². The average molecular weight is 530 g/mol. The number of nitrogens with zero attached hydrogens (tertiary/aromatic N) is 1. The molecule has 1 aliphatic rings. The van der Waals surface area contributed by atoms with Crippen LogP contribution >= 0.6 is 0 Å². The highest BCUT2D eigenvalue weighted by Gasteiger charge is 2.27. The average Bonchev–Trinajstić information content (AvgIpc) is 3.17. The molecule has 0 saturated carbocycles. The monoisotopic (exact) mass is 529 g/mol. The summed E-state index contributed by atoms with van der Waals surface area (Å²) < 4.78 is 23.3. The molecule has 1 rings (SSSR count). The van der Waals surface area contributed by atoms with Gasteiger partial charge in [-0.15, -0.1) is 0 Å². The van der Waals surface area contributed by atoms with E-state index in [9.17, 15) is 0 Å². The van der Waals surface area contributed by atoms with Crippen molar-refractivity contribution in [3.8, 4) is 0 Å². The van der Waals surface area contributed by atoms with Gasteiger partial charge in [0, 0.05) is 43.4 Å². The van der Waals surface area contributed by atoms with Crippen molar-refractivity contribution in [3.05, 3.63) is 0 Å². The van der Waals surface area contributed by atoms with Gasteiger partial charge in [0.25, 0.3) is 0 Å². The van der Waals surface area contributed by atoms with Crippen LogP contribution in [0.15, 0.2) is 0 Å². The lowest BCUT2D eigenvalue weighted by atomic mass is 9.81. The summed E-state index contributed by atoms with van der Waals surface area (Å²) in [6, 6.07) is 0.600. The normalized spacial score (nSPS) is 18.2. The van der Waals surface area contributed by atoms with E-state index < -0.39 is 0 Å². The Bertz CT molecular complexity index is 584. The molecule has 1 saturated heterocycles. The van der Waals surface area contributed by atoms with Gasteiger partial charge in [0.05, 0.1) is 45.2 Å². The number of hydrogen-bond donors (Lipinski definition) is 2. The molecule has 0 bridgehead atoms. The molecule has 0 aromatic heterocycles. The second kappa shape index (κ2) is 16.7. The Kier molecular flexibility index (Phi) is 15.7. The third kappa shape index (κ3) is 20.3. The first-order valence-corrected chi connectivity index (χ1v) is 14.7. The number of rotatable bonds is 20. The Morgan fingerprint density at radius 3 is 1.86 bits per heavy atom. The van der Waals surface area contributed by atoms with Crippen molar-refractivity contribution in [2.75, 3.05) is 72.4 Å². The summed E-state index contributed by atoms with van der Waals surface area (Å²) in [4.78, 5) is 2.53. The van der Waals surface area contributed by atoms with Crippen molar-refractivity contribution >= 4 is 0 Å². The minimum atomic E-state index is -0.0976. The Morgan fingerprint density at radius 2 is 1.27 bits per heavy atom. The van der Waals surface area contributed by atoms with E-state index in [1.165, 1.54) is 13.0 Å². The second-order valence-corrected chi connectivity index (χ2v) is 14.2. The maximum Gasteiger partial charge on any atom is 0.0701 e. The molecule has 7 heteroatoms. The molecular formula is C30H63N3O4. The highest BCUT2D eigenvalue weighted by Crippen LogP contribution is 2.31. The van der Waals surface area contributed by atoms with E-state index in [4.69, 9.17) is 18.9 Å². The Morgan fingerprint density at radius 1 is 0.676 bits per heavy atom. The zero-order valence-corrected chi connectivity index (χ0v) is 26.3. The van der Waals surface area contributed by atoms with Gasteiger partial charge in [-0.2, -0.15) is 0 Å². The molecule has 0 aromatic rings. The van der Waals surface area contributed by atoms with Crippen LogP contribution in [-0.2, 0) is 18.9 Å². The summed E-state index contributed by atoms with van der Waals surface area (Å²) in [5, 5.41) is 7.14. The van der Waals surface area contributed by atoms with Gasteiger partial charge in [0.1, 0.15) is 0 Å². The summed E-state index contributed by atoms with van der Waals surface area (Å²) in [6.07, 6.45) is 4.46. The summed E-state index contributed by atoms with van der Waals surface area (Å²) in [5.74, 6) is 0. The van der Waals surface area contributed by atoms with Crippen LogP contribution in [0.2, 0.25) is 0 Å². The predicted molar refractivity (Wildman–Crippen MR) is 156 cm³/mol. The van der Waals surface area contributed by atoms with Crippen molar-refractivity contribution in [1.29, 1.82) is 0 Å². The van der Waals surface area contributed by atoms with Crippen molar-refractivity contribution in [2.45, 2.75) is 118 Å². The van der Waals surface area contributed by atoms with Gasteiger partial charge in [0.15, 0.2) is 0 Å². The van der Waals surface area contributed by atoms with Crippen LogP contribution in [0, 0.1) is 5.41 Å². The third-order valence-electron chi connectivity index (χ3n) is 6.78. The molecule has 1 fully saturated rings. The van der Waals surface area contributed by atoms with E-state index in [-0.39, 0.29) is 22.1 Å². The van der Waals surface area contributed by atoms with Gasteiger partial charge in [0.2, 0.25) is 0 Å². The maximum atomic E-state index is 6.33. The fourth-order valence-electron chi connectivity index (χ4n) is 4.44. The molecule has 0 unspecified atom stereocenters. The van der Waals surface area contributed by atoms with Crippen LogP contribution in [0.4, 0.5) is 0 Å². The number of hydrogen-bond acceptors (Lipinski definition) is 7. The molecule has 0 radical (unpaired) electrons. The zero-order chi connectivity index (χ0) is 28.0. The largest absolute Gasteiger partial charge is 0.379 e. The topological polar surface area (TPSA) is 64.2 Å². The molecule has 37 heavy (non-hydrogen) atoms. The summed E-state index contributed by atoms with van der Waals surface area (Å²) in [6.45, 7) is 31.3. The van der Waals surface area contributed by atoms with Crippen molar-refractivity contribution in [3.63, 3.8) is 0 Å². The standard InChI is InChI=1S/C30H63N3O4/c1-27(2,3)31-15-19-35-22-24-36-23-21-34-18-14-29(7,8)12-13-30(9,10)37-20-17-33-16-11-26(25-33)32-28(4,5)6/h26,31-32H,11-25H2,1-10H3/t26-/m0/s1. The second-order valence-electron chi connectivity index (χ2n) is 14.2. The maximum absolute atomic E-state index is 6.33. The van der Waals surface area contributed by atoms with Gasteiger partial charge in [-0.05, 0) is 93.0 Å². The molecular weight excluding hydrogens is 466 g/mol. The lowest BCUT2D eigenvalue weighted by Crippen LogP contribution is -2.45. The van der Waals surface area contributed by atoms with Crippen LogP contribution < -0.4 is 10.6 Å². The number of likely N-dealkylation sites (tertiary alicyclic amines) is 1. The van der Waals surface area contributed by atoms with E-state index in [1.807, 2.05) is 0 Å². The van der Waals surface area contributed by atoms with Gasteiger partial charge >= 0.3 is 0 Å². The third-order valence-corrected chi connectivity index (χ3v) is 6.78. The highest BCUT2D eigenvalue weighted by atomic mass is 16.5. The lowest BCUT2D eigenvalue weighted by Gasteiger charge is -2.32. The van der Waals surface area contributed by atoms with Gasteiger partial charge in [-0.1, -0.05) is 13.8 Å². The van der Waals surface area contributed by atoms with Gasteiger partial charge in [-0.25, -0.2) is 0 Å². The Labute approximate surface area is 230 Å². The highest BCUT2D eigenvalue weighted by molar-refractivity contribution is 4.86. The van der Waals surface area contributed by atoms with Crippen LogP contribution in [0.3, 0.4) is 0 Å². The van der Waals surface area contributed by atoms with Crippen molar-refractivity contribution in [1.82, 2.24) is 15.5 Å². The molecule has 1 heterocycles. The SMILES string of the molecule is CC(C)(CCOCCOCCOCCNC(C)(C)C)CCC(C)(C)OCCN1CC[C@H](NC(C)(C)C)C1. The fraction of sp³-hybridized carbons (Fsp3) is 1.00. The van der Waals surface area contributed by atoms with Gasteiger partial charge in [-0.3, -0.25) is 4.90 Å². The predicted octanol–water partition coefficient (Wildman–Crippen LogP) is 4.88. The van der Waals surface area contributed by atoms with Crippen LogP contribution in [-0.4, -0.2) is 100 Å². The van der Waals surface area contributed by atoms with Crippen molar-refractivity contribution < 1.29 is 18.9 Å². The van der Waals surface area contributed by atoms with Crippen LogP contribution in [0.1, 0.15) is 94.9 Å². The van der Waals surface area contributed by atoms with Crippen molar-refractivity contribution in [2.24, 2.45) is 5.41 Å².